The third-order valence-electron chi connectivity index (χ3n) is 4.46. The number of hydrogen-bond donors (Lipinski definition) is 0. The second kappa shape index (κ2) is 8.26. The predicted octanol–water partition coefficient (Wildman–Crippen LogP) is 4.31. The predicted molar refractivity (Wildman–Crippen MR) is 116 cm³/mol. The van der Waals surface area contributed by atoms with E-state index in [9.17, 15) is 0 Å². The van der Waals surface area contributed by atoms with Crippen LogP contribution in [0, 0.1) is 25.8 Å². The van der Waals surface area contributed by atoms with Gasteiger partial charge in [0.1, 0.15) is 10.6 Å². The lowest BCUT2D eigenvalue weighted by molar-refractivity contribution is 0.324. The first-order valence-corrected chi connectivity index (χ1v) is 9.44. The van der Waals surface area contributed by atoms with Gasteiger partial charge < -0.3 is 19.1 Å². The summed E-state index contributed by atoms with van der Waals surface area (Å²) < 4.78 is 16.3. The van der Waals surface area contributed by atoms with Crippen molar-refractivity contribution in [3.8, 4) is 41.0 Å². The Bertz CT molecular complexity index is 1130. The van der Waals surface area contributed by atoms with Crippen LogP contribution in [0.15, 0.2) is 12.1 Å². The van der Waals surface area contributed by atoms with Crippen molar-refractivity contribution in [2.45, 2.75) is 6.92 Å². The van der Waals surface area contributed by atoms with Crippen LogP contribution < -0.4 is 19.1 Å². The smallest absolute Gasteiger partial charge is 0.246 e. The highest BCUT2D eigenvalue weighted by molar-refractivity contribution is 7.22. The van der Waals surface area contributed by atoms with Crippen molar-refractivity contribution < 1.29 is 14.2 Å². The van der Waals surface area contributed by atoms with E-state index in [0.29, 0.717) is 46.0 Å². The quantitative estimate of drug-likeness (QED) is 0.447. The Balaban J connectivity index is 2.31. The molecule has 0 unspecified atom stereocenters. The highest BCUT2D eigenvalue weighted by atomic mass is 32.1. The summed E-state index contributed by atoms with van der Waals surface area (Å²) in [4.78, 5) is 15.7. The molecule has 2 aromatic heterocycles. The number of rotatable bonds is 6. The zero-order chi connectivity index (χ0) is 21.1. The fraction of sp³-hybridized carbons (Fsp3) is 0.286. The molecular formula is C21H20N4O3S. The summed E-state index contributed by atoms with van der Waals surface area (Å²) in [6.45, 7) is 9.72. The third kappa shape index (κ3) is 3.51. The molecule has 0 N–H and O–H groups in total. The summed E-state index contributed by atoms with van der Waals surface area (Å²) in [6.07, 6.45) is 5.51. The first-order chi connectivity index (χ1) is 14.0. The number of terminal acetylenes is 1. The largest absolute Gasteiger partial charge is 0.493 e. The lowest BCUT2D eigenvalue weighted by Crippen LogP contribution is -2.19. The van der Waals surface area contributed by atoms with E-state index in [0.717, 1.165) is 15.8 Å². The molecule has 3 aromatic rings. The van der Waals surface area contributed by atoms with E-state index in [1.165, 1.54) is 11.3 Å². The number of ether oxygens (including phenoxy) is 3. The number of aryl methyl sites for hydroxylation is 1. The van der Waals surface area contributed by atoms with Crippen molar-refractivity contribution in [3.05, 3.63) is 29.1 Å². The molecule has 0 aliphatic rings. The van der Waals surface area contributed by atoms with E-state index in [-0.39, 0.29) is 0 Å². The molecule has 148 valence electrons. The number of aromatic nitrogens is 2. The van der Waals surface area contributed by atoms with Crippen LogP contribution in [-0.4, -0.2) is 44.9 Å². The van der Waals surface area contributed by atoms with Gasteiger partial charge in [-0.2, -0.15) is 0 Å². The normalized spacial score (nSPS) is 10.3. The van der Waals surface area contributed by atoms with Crippen LogP contribution in [0.2, 0.25) is 0 Å². The van der Waals surface area contributed by atoms with E-state index in [1.807, 2.05) is 18.9 Å². The molecule has 0 bridgehead atoms. The van der Waals surface area contributed by atoms with Gasteiger partial charge in [-0.05, 0) is 24.6 Å². The average molecular weight is 408 g/mol. The number of hydrogen-bond acceptors (Lipinski definition) is 7. The van der Waals surface area contributed by atoms with E-state index < -0.39 is 0 Å². The maximum absolute atomic E-state index is 7.44. The SMILES string of the molecule is [C-]#[N+]c1sc2nc(-c3cc(OC)c(OC)c(OC)c3)nc(N(C)CC#C)c2c1C. The van der Waals surface area contributed by atoms with Crippen molar-refractivity contribution >= 4 is 32.4 Å². The third-order valence-corrected chi connectivity index (χ3v) is 5.54. The van der Waals surface area contributed by atoms with Gasteiger partial charge in [0.05, 0.1) is 34.4 Å². The van der Waals surface area contributed by atoms with Gasteiger partial charge in [0.25, 0.3) is 0 Å². The minimum absolute atomic E-state index is 0.378. The fourth-order valence-electron chi connectivity index (χ4n) is 3.04. The Morgan fingerprint density at radius 1 is 1.17 bits per heavy atom. The maximum Gasteiger partial charge on any atom is 0.246 e. The second-order valence-electron chi connectivity index (χ2n) is 6.17. The average Bonchev–Trinajstić information content (AvgIpc) is 3.07. The standard InChI is InChI=1S/C21H20N4O3S/c1-8-9-25(4)19-16-12(2)20(22-3)29-21(16)24-18(23-19)13-10-14(26-5)17(28-7)15(11-13)27-6/h1,10-11H,9H2,2,4-7H3. The number of anilines is 1. The van der Waals surface area contributed by atoms with Crippen LogP contribution in [0.4, 0.5) is 10.8 Å². The van der Waals surface area contributed by atoms with E-state index >= 15 is 0 Å². The molecule has 1 aromatic carbocycles. The zero-order valence-corrected chi connectivity index (χ0v) is 17.7. The topological polar surface area (TPSA) is 61.1 Å². The summed E-state index contributed by atoms with van der Waals surface area (Å²) in [5, 5.41) is 1.43. The number of nitrogens with zero attached hydrogens (tertiary/aromatic N) is 4. The monoisotopic (exact) mass is 408 g/mol. The molecule has 2 heterocycles. The molecule has 0 aliphatic carbocycles. The molecule has 0 spiro atoms. The lowest BCUT2D eigenvalue weighted by Gasteiger charge is -2.18. The van der Waals surface area contributed by atoms with Crippen LogP contribution in [-0.2, 0) is 0 Å². The Hall–Kier alpha value is -3.49. The minimum Gasteiger partial charge on any atom is -0.493 e. The van der Waals surface area contributed by atoms with Gasteiger partial charge in [0.2, 0.25) is 10.8 Å². The first-order valence-electron chi connectivity index (χ1n) is 8.62. The van der Waals surface area contributed by atoms with Gasteiger partial charge in [-0.1, -0.05) is 5.92 Å². The molecule has 0 fully saturated rings. The van der Waals surface area contributed by atoms with Crippen molar-refractivity contribution in [1.29, 1.82) is 0 Å². The molecule has 0 saturated heterocycles. The summed E-state index contributed by atoms with van der Waals surface area (Å²) in [6, 6.07) is 3.59. The molecule has 0 amide bonds. The molecular weight excluding hydrogens is 388 g/mol. The molecule has 3 rings (SSSR count). The summed E-state index contributed by atoms with van der Waals surface area (Å²) in [5.74, 6) is 5.30. The van der Waals surface area contributed by atoms with Crippen molar-refractivity contribution in [1.82, 2.24) is 9.97 Å². The highest BCUT2D eigenvalue weighted by Gasteiger charge is 2.21. The van der Waals surface area contributed by atoms with Gasteiger partial charge in [0.15, 0.2) is 17.3 Å². The highest BCUT2D eigenvalue weighted by Crippen LogP contribution is 2.44. The maximum atomic E-state index is 7.44. The number of benzene rings is 1. The molecule has 7 nitrogen and oxygen atoms in total. The molecule has 29 heavy (non-hydrogen) atoms. The molecule has 8 heteroatoms. The number of methoxy groups -OCH3 is 3. The van der Waals surface area contributed by atoms with Gasteiger partial charge >= 0.3 is 0 Å². The van der Waals surface area contributed by atoms with E-state index in [2.05, 4.69) is 10.8 Å². The van der Waals surface area contributed by atoms with Gasteiger partial charge in [-0.15, -0.1) is 17.8 Å². The van der Waals surface area contributed by atoms with Crippen LogP contribution in [0.3, 0.4) is 0 Å². The zero-order valence-electron chi connectivity index (χ0n) is 16.9. The van der Waals surface area contributed by atoms with Crippen LogP contribution >= 0.6 is 11.3 Å². The Kier molecular flexibility index (Phi) is 5.76. The summed E-state index contributed by atoms with van der Waals surface area (Å²) in [7, 11) is 6.54. The fourth-order valence-corrected chi connectivity index (χ4v) is 4.00. The molecule has 0 aliphatic heterocycles. The van der Waals surface area contributed by atoms with Crippen LogP contribution in [0.25, 0.3) is 26.4 Å². The Labute approximate surface area is 173 Å². The Morgan fingerprint density at radius 2 is 1.83 bits per heavy atom. The Morgan fingerprint density at radius 3 is 2.34 bits per heavy atom. The molecule has 0 radical (unpaired) electrons. The summed E-state index contributed by atoms with van der Waals surface area (Å²) in [5.41, 5.74) is 1.56. The minimum atomic E-state index is 0.378. The number of thiophene rings is 1. The lowest BCUT2D eigenvalue weighted by atomic mass is 10.1. The van der Waals surface area contributed by atoms with E-state index in [4.69, 9.17) is 37.2 Å². The molecule has 0 saturated carbocycles. The second-order valence-corrected chi connectivity index (χ2v) is 7.15. The van der Waals surface area contributed by atoms with E-state index in [1.54, 1.807) is 33.5 Å². The van der Waals surface area contributed by atoms with Crippen LogP contribution in [0.1, 0.15) is 5.56 Å². The van der Waals surface area contributed by atoms with Gasteiger partial charge in [-0.3, -0.25) is 0 Å². The van der Waals surface area contributed by atoms with Crippen molar-refractivity contribution in [2.75, 3.05) is 39.8 Å². The van der Waals surface area contributed by atoms with Crippen molar-refractivity contribution in [3.63, 3.8) is 0 Å². The summed E-state index contributed by atoms with van der Waals surface area (Å²) >= 11 is 1.34. The van der Waals surface area contributed by atoms with Gasteiger partial charge in [0, 0.05) is 18.0 Å². The number of fused-ring (bicyclic) bond motifs is 1. The van der Waals surface area contributed by atoms with Crippen LogP contribution in [0.5, 0.6) is 17.2 Å². The molecule has 0 atom stereocenters. The van der Waals surface area contributed by atoms with Crippen molar-refractivity contribution in [2.24, 2.45) is 0 Å². The first kappa shape index (κ1) is 20.2. The van der Waals surface area contributed by atoms with Gasteiger partial charge in [-0.25, -0.2) is 14.8 Å².